The molecule has 7 heteroatoms. The number of alkyl halides is 4. The van der Waals surface area contributed by atoms with Gasteiger partial charge in [0.2, 0.25) is 0 Å². The molecule has 108 valence electrons. The molecule has 1 aliphatic heterocycles. The van der Waals surface area contributed by atoms with Gasteiger partial charge in [-0.1, -0.05) is 6.92 Å². The molecule has 1 aliphatic rings. The second kappa shape index (κ2) is 6.68. The SMILES string of the molecule is CC[C@H](O)CN1CCN(CC(F)(F)C(F)F)CC1. The van der Waals surface area contributed by atoms with E-state index in [1.165, 1.54) is 4.90 Å². The first-order chi connectivity index (χ1) is 8.35. The van der Waals surface area contributed by atoms with Gasteiger partial charge in [-0.2, -0.15) is 8.78 Å². The van der Waals surface area contributed by atoms with Crippen LogP contribution in [-0.2, 0) is 0 Å². The Bertz CT molecular complexity index is 245. The molecule has 3 nitrogen and oxygen atoms in total. The lowest BCUT2D eigenvalue weighted by atomic mass is 10.2. The molecule has 0 radical (unpaired) electrons. The first kappa shape index (κ1) is 15.7. The summed E-state index contributed by atoms with van der Waals surface area (Å²) in [6.07, 6.45) is -3.39. The van der Waals surface area contributed by atoms with Crippen molar-refractivity contribution in [1.29, 1.82) is 0 Å². The summed E-state index contributed by atoms with van der Waals surface area (Å²) in [5.41, 5.74) is 0. The number of β-amino-alcohol motifs (C(OH)–C–C–N with tert-alkyl or cyclic N) is 1. The lowest BCUT2D eigenvalue weighted by Crippen LogP contribution is -2.52. The van der Waals surface area contributed by atoms with Crippen molar-refractivity contribution >= 4 is 0 Å². The summed E-state index contributed by atoms with van der Waals surface area (Å²) in [6.45, 7) is 3.19. The van der Waals surface area contributed by atoms with Crippen LogP contribution in [0.5, 0.6) is 0 Å². The van der Waals surface area contributed by atoms with Crippen molar-refractivity contribution in [2.75, 3.05) is 39.3 Å². The van der Waals surface area contributed by atoms with Crippen LogP contribution in [0.4, 0.5) is 17.6 Å². The number of rotatable bonds is 6. The number of piperazine rings is 1. The first-order valence-electron chi connectivity index (χ1n) is 6.14. The van der Waals surface area contributed by atoms with Crippen molar-refractivity contribution in [3.63, 3.8) is 0 Å². The van der Waals surface area contributed by atoms with E-state index in [2.05, 4.69) is 0 Å². The summed E-state index contributed by atoms with van der Waals surface area (Å²) < 4.78 is 49.8. The quantitative estimate of drug-likeness (QED) is 0.738. The average Bonchev–Trinajstić information content (AvgIpc) is 2.31. The van der Waals surface area contributed by atoms with E-state index < -0.39 is 25.0 Å². The number of nitrogens with zero attached hydrogens (tertiary/aromatic N) is 2. The molecule has 1 fully saturated rings. The van der Waals surface area contributed by atoms with Crippen LogP contribution >= 0.6 is 0 Å². The highest BCUT2D eigenvalue weighted by atomic mass is 19.3. The maximum absolute atomic E-state index is 12.8. The standard InChI is InChI=1S/C11H20F4N2O/c1-2-9(18)7-16-3-5-17(6-4-16)8-11(14,15)10(12)13/h9-10,18H,2-8H2,1H3/t9-/m0/s1. The Hall–Kier alpha value is -0.400. The smallest absolute Gasteiger partial charge is 0.319 e. The van der Waals surface area contributed by atoms with Gasteiger partial charge >= 0.3 is 12.3 Å². The van der Waals surface area contributed by atoms with Gasteiger partial charge in [0.25, 0.3) is 0 Å². The van der Waals surface area contributed by atoms with Gasteiger partial charge in [-0.3, -0.25) is 9.80 Å². The van der Waals surface area contributed by atoms with Crippen molar-refractivity contribution in [1.82, 2.24) is 9.80 Å². The summed E-state index contributed by atoms with van der Waals surface area (Å²) in [5.74, 6) is -3.94. The van der Waals surface area contributed by atoms with Gasteiger partial charge < -0.3 is 5.11 Å². The van der Waals surface area contributed by atoms with Crippen LogP contribution < -0.4 is 0 Å². The molecule has 18 heavy (non-hydrogen) atoms. The topological polar surface area (TPSA) is 26.7 Å². The number of aliphatic hydroxyl groups excluding tert-OH is 1. The molecule has 0 unspecified atom stereocenters. The maximum Gasteiger partial charge on any atom is 0.319 e. The van der Waals surface area contributed by atoms with Gasteiger partial charge in [-0.25, -0.2) is 8.78 Å². The maximum atomic E-state index is 12.8. The Morgan fingerprint density at radius 2 is 1.61 bits per heavy atom. The third kappa shape index (κ3) is 4.70. The molecule has 1 N–H and O–H groups in total. The summed E-state index contributed by atoms with van der Waals surface area (Å²) in [7, 11) is 0. The van der Waals surface area contributed by atoms with E-state index in [1.807, 2.05) is 11.8 Å². The van der Waals surface area contributed by atoms with Gasteiger partial charge in [0, 0.05) is 32.7 Å². The second-order valence-corrected chi connectivity index (χ2v) is 4.70. The lowest BCUT2D eigenvalue weighted by molar-refractivity contribution is -0.145. The molecule has 0 amide bonds. The molecule has 0 bridgehead atoms. The second-order valence-electron chi connectivity index (χ2n) is 4.70. The highest BCUT2D eigenvalue weighted by molar-refractivity contribution is 4.80. The van der Waals surface area contributed by atoms with E-state index in [4.69, 9.17) is 0 Å². The summed E-state index contributed by atoms with van der Waals surface area (Å²) in [5, 5.41) is 9.46. The third-order valence-corrected chi connectivity index (χ3v) is 3.16. The zero-order valence-corrected chi connectivity index (χ0v) is 10.5. The fourth-order valence-electron chi connectivity index (χ4n) is 1.92. The van der Waals surface area contributed by atoms with Crippen LogP contribution in [0.1, 0.15) is 13.3 Å². The van der Waals surface area contributed by atoms with Crippen molar-refractivity contribution in [3.05, 3.63) is 0 Å². The molecular weight excluding hydrogens is 252 g/mol. The van der Waals surface area contributed by atoms with E-state index in [0.717, 1.165) is 0 Å². The molecule has 0 aliphatic carbocycles. The van der Waals surface area contributed by atoms with Crippen LogP contribution in [-0.4, -0.2) is 72.6 Å². The zero-order chi connectivity index (χ0) is 13.8. The van der Waals surface area contributed by atoms with Crippen molar-refractivity contribution in [2.45, 2.75) is 31.8 Å². The summed E-state index contributed by atoms with van der Waals surface area (Å²) in [6, 6.07) is 0. The van der Waals surface area contributed by atoms with Crippen LogP contribution in [0.2, 0.25) is 0 Å². The Kier molecular flexibility index (Phi) is 5.81. The van der Waals surface area contributed by atoms with Crippen LogP contribution in [0.3, 0.4) is 0 Å². The predicted octanol–water partition coefficient (Wildman–Crippen LogP) is 1.28. The molecule has 1 rings (SSSR count). The molecule has 0 aromatic rings. The molecule has 0 spiro atoms. The Labute approximate surface area is 104 Å². The Morgan fingerprint density at radius 3 is 2.06 bits per heavy atom. The van der Waals surface area contributed by atoms with E-state index in [9.17, 15) is 22.7 Å². The van der Waals surface area contributed by atoms with E-state index in [0.29, 0.717) is 39.1 Å². The fraction of sp³-hybridized carbons (Fsp3) is 1.00. The van der Waals surface area contributed by atoms with Gasteiger partial charge in [0.15, 0.2) is 0 Å². The number of hydrogen-bond acceptors (Lipinski definition) is 3. The Morgan fingerprint density at radius 1 is 1.11 bits per heavy atom. The average molecular weight is 272 g/mol. The van der Waals surface area contributed by atoms with Crippen LogP contribution in [0, 0.1) is 0 Å². The lowest BCUT2D eigenvalue weighted by Gasteiger charge is -2.36. The molecule has 1 atom stereocenters. The van der Waals surface area contributed by atoms with Crippen LogP contribution in [0.15, 0.2) is 0 Å². The van der Waals surface area contributed by atoms with Crippen molar-refractivity contribution < 1.29 is 22.7 Å². The molecule has 1 saturated heterocycles. The normalized spacial score (nSPS) is 21.5. The summed E-state index contributed by atoms with van der Waals surface area (Å²) >= 11 is 0. The van der Waals surface area contributed by atoms with Crippen molar-refractivity contribution in [3.8, 4) is 0 Å². The monoisotopic (exact) mass is 272 g/mol. The van der Waals surface area contributed by atoms with Crippen LogP contribution in [0.25, 0.3) is 0 Å². The fourth-order valence-corrected chi connectivity index (χ4v) is 1.92. The minimum absolute atomic E-state index is 0.332. The van der Waals surface area contributed by atoms with Gasteiger partial charge in [-0.15, -0.1) is 0 Å². The number of aliphatic hydroxyl groups is 1. The van der Waals surface area contributed by atoms with E-state index >= 15 is 0 Å². The highest BCUT2D eigenvalue weighted by Gasteiger charge is 2.42. The van der Waals surface area contributed by atoms with E-state index in [1.54, 1.807) is 0 Å². The van der Waals surface area contributed by atoms with Crippen molar-refractivity contribution in [2.24, 2.45) is 0 Å². The molecule has 0 aromatic heterocycles. The Balaban J connectivity index is 2.31. The molecule has 1 heterocycles. The van der Waals surface area contributed by atoms with Gasteiger partial charge in [0.1, 0.15) is 0 Å². The predicted molar refractivity (Wildman–Crippen MR) is 60.1 cm³/mol. The molecule has 0 saturated carbocycles. The zero-order valence-electron chi connectivity index (χ0n) is 10.5. The highest BCUT2D eigenvalue weighted by Crippen LogP contribution is 2.24. The number of halogens is 4. The minimum atomic E-state index is -3.94. The first-order valence-corrected chi connectivity index (χ1v) is 6.14. The number of hydrogen-bond donors (Lipinski definition) is 1. The van der Waals surface area contributed by atoms with Gasteiger partial charge in [-0.05, 0) is 6.42 Å². The molecule has 0 aromatic carbocycles. The van der Waals surface area contributed by atoms with Gasteiger partial charge in [0.05, 0.1) is 12.6 Å². The minimum Gasteiger partial charge on any atom is -0.392 e. The largest absolute Gasteiger partial charge is 0.392 e. The molecular formula is C11H20F4N2O. The third-order valence-electron chi connectivity index (χ3n) is 3.16. The van der Waals surface area contributed by atoms with E-state index in [-0.39, 0.29) is 0 Å². The summed E-state index contributed by atoms with van der Waals surface area (Å²) in [4.78, 5) is 3.31.